The Labute approximate surface area is 140 Å². The second-order valence-electron chi connectivity index (χ2n) is 5.62. The molecule has 0 unspecified atom stereocenters. The van der Waals surface area contributed by atoms with Gasteiger partial charge in [0.25, 0.3) is 0 Å². The second-order valence-corrected chi connectivity index (χ2v) is 7.04. The molecular weight excluding hydrogens is 332 g/mol. The summed E-state index contributed by atoms with van der Waals surface area (Å²) in [5, 5.41) is 27.6. The molecule has 24 heavy (non-hydrogen) atoms. The fourth-order valence-electron chi connectivity index (χ4n) is 2.94. The van der Waals surface area contributed by atoms with E-state index in [1.807, 2.05) is 18.2 Å². The summed E-state index contributed by atoms with van der Waals surface area (Å²) in [4.78, 5) is 2.21. The summed E-state index contributed by atoms with van der Waals surface area (Å²) in [6.07, 6.45) is -0.743. The van der Waals surface area contributed by atoms with Gasteiger partial charge in [-0.05, 0) is 23.8 Å². The molecule has 1 aliphatic heterocycles. The average Bonchev–Trinajstić information content (AvgIpc) is 3.01. The number of hydrogen-bond acceptors (Lipinski definition) is 6. The molecule has 0 saturated carbocycles. The van der Waals surface area contributed by atoms with Gasteiger partial charge in [-0.3, -0.25) is 0 Å². The molecule has 2 aromatic rings. The lowest BCUT2D eigenvalue weighted by Crippen LogP contribution is -2.43. The van der Waals surface area contributed by atoms with Gasteiger partial charge in [-0.2, -0.15) is 8.42 Å². The highest BCUT2D eigenvalue weighted by atomic mass is 32.2. The molecule has 1 fully saturated rings. The molecule has 9 heteroatoms. The number of aliphatic hydroxyl groups excluding tert-OH is 1. The zero-order valence-electron chi connectivity index (χ0n) is 13.0. The molecule has 0 amide bonds. The van der Waals surface area contributed by atoms with Crippen LogP contribution in [0.2, 0.25) is 0 Å². The Balaban J connectivity index is 2.05. The summed E-state index contributed by atoms with van der Waals surface area (Å²) in [6, 6.07) is 9.03. The molecule has 1 aliphatic rings. The molecule has 0 spiro atoms. The number of nitrogens with two attached hydrogens (primary N) is 1. The first-order valence-corrected chi connectivity index (χ1v) is 9.05. The number of nitrogens with zero attached hydrogens (tertiary/aromatic N) is 2. The minimum absolute atomic E-state index is 0.171. The molecule has 8 nitrogen and oxygen atoms in total. The monoisotopic (exact) mass is 352 g/mol. The maximum Gasteiger partial charge on any atom is 0.302 e. The number of hydrogen-bond donors (Lipinski definition) is 4. The number of benzene rings is 1. The lowest BCUT2D eigenvalue weighted by Gasteiger charge is -2.29. The van der Waals surface area contributed by atoms with E-state index >= 15 is 0 Å². The van der Waals surface area contributed by atoms with E-state index in [0.29, 0.717) is 15.1 Å². The number of rotatable bonds is 4. The van der Waals surface area contributed by atoms with Crippen molar-refractivity contribution >= 4 is 15.9 Å². The summed E-state index contributed by atoms with van der Waals surface area (Å²) in [7, 11) is -4.12. The summed E-state index contributed by atoms with van der Waals surface area (Å²) < 4.78 is 23.9. The first kappa shape index (κ1) is 16.9. The van der Waals surface area contributed by atoms with E-state index in [-0.39, 0.29) is 5.69 Å². The summed E-state index contributed by atoms with van der Waals surface area (Å²) >= 11 is 0. The van der Waals surface area contributed by atoms with Gasteiger partial charge < -0.3 is 20.4 Å². The molecule has 5 N–H and O–H groups in total. The van der Waals surface area contributed by atoms with Crippen molar-refractivity contribution in [2.75, 3.05) is 31.1 Å². The van der Waals surface area contributed by atoms with Gasteiger partial charge in [-0.1, -0.05) is 12.1 Å². The van der Waals surface area contributed by atoms with E-state index < -0.39 is 16.5 Å². The van der Waals surface area contributed by atoms with E-state index in [1.54, 1.807) is 6.07 Å². The van der Waals surface area contributed by atoms with Gasteiger partial charge >= 0.3 is 10.2 Å². The lowest BCUT2D eigenvalue weighted by atomic mass is 10.0. The van der Waals surface area contributed by atoms with E-state index in [2.05, 4.69) is 10.2 Å². The van der Waals surface area contributed by atoms with E-state index in [9.17, 15) is 18.6 Å². The maximum atomic E-state index is 11.6. The molecule has 1 aromatic carbocycles. The third kappa shape index (κ3) is 3.30. The topological polar surface area (TPSA) is 121 Å². The zero-order valence-corrected chi connectivity index (χ0v) is 13.8. The number of nitrogens with one attached hydrogen (secondary N) is 1. The average molecular weight is 352 g/mol. The molecule has 3 rings (SSSR count). The van der Waals surface area contributed by atoms with Gasteiger partial charge in [0, 0.05) is 43.6 Å². The van der Waals surface area contributed by atoms with E-state index in [0.717, 1.165) is 31.9 Å². The normalized spacial score (nSPS) is 15.9. The number of aromatic nitrogens is 1. The molecule has 1 aromatic heterocycles. The minimum Gasteiger partial charge on any atom is -0.369 e. The number of piperazine rings is 1. The summed E-state index contributed by atoms with van der Waals surface area (Å²) in [6.45, 7) is 3.54. The molecule has 1 saturated heterocycles. The highest BCUT2D eigenvalue weighted by Crippen LogP contribution is 2.31. The lowest BCUT2D eigenvalue weighted by molar-refractivity contribution is -0.0458. The van der Waals surface area contributed by atoms with Gasteiger partial charge in [0.1, 0.15) is 0 Å². The van der Waals surface area contributed by atoms with Crippen LogP contribution in [0.4, 0.5) is 5.69 Å². The second kappa shape index (κ2) is 6.54. The third-order valence-electron chi connectivity index (χ3n) is 4.05. The molecule has 0 aliphatic carbocycles. The third-order valence-corrected chi connectivity index (χ3v) is 4.91. The smallest absolute Gasteiger partial charge is 0.302 e. The van der Waals surface area contributed by atoms with Crippen LogP contribution < -0.4 is 15.4 Å². The molecular formula is C15H20N4O4S. The van der Waals surface area contributed by atoms with E-state index in [1.165, 1.54) is 12.3 Å². The molecule has 2 heterocycles. The first-order valence-electron chi connectivity index (χ1n) is 7.55. The van der Waals surface area contributed by atoms with Crippen LogP contribution in [0.25, 0.3) is 11.1 Å². The van der Waals surface area contributed by atoms with Crippen molar-refractivity contribution in [1.29, 1.82) is 0 Å². The van der Waals surface area contributed by atoms with Crippen LogP contribution in [0.15, 0.2) is 36.5 Å². The van der Waals surface area contributed by atoms with Crippen molar-refractivity contribution in [2.24, 2.45) is 5.14 Å². The fraction of sp³-hybridized carbons (Fsp3) is 0.333. The zero-order chi connectivity index (χ0) is 17.3. The Morgan fingerprint density at radius 2 is 1.88 bits per heavy atom. The largest absolute Gasteiger partial charge is 0.369 e. The van der Waals surface area contributed by atoms with Crippen LogP contribution in [0.1, 0.15) is 12.0 Å². The van der Waals surface area contributed by atoms with Crippen molar-refractivity contribution in [3.8, 4) is 11.1 Å². The Bertz CT molecular complexity index is 826. The van der Waals surface area contributed by atoms with Gasteiger partial charge in [0.05, 0.1) is 5.69 Å². The van der Waals surface area contributed by atoms with Gasteiger partial charge in [0.15, 0.2) is 6.29 Å². The summed E-state index contributed by atoms with van der Waals surface area (Å²) in [5.74, 6) is 0. The Hall–Kier alpha value is -1.91. The van der Waals surface area contributed by atoms with Gasteiger partial charge in [0.2, 0.25) is 0 Å². The maximum absolute atomic E-state index is 11.6. The van der Waals surface area contributed by atoms with Crippen molar-refractivity contribution in [2.45, 2.75) is 6.29 Å². The van der Waals surface area contributed by atoms with Crippen LogP contribution in [0.3, 0.4) is 0 Å². The van der Waals surface area contributed by atoms with Crippen LogP contribution in [0.5, 0.6) is 0 Å². The van der Waals surface area contributed by atoms with Crippen LogP contribution in [0, 0.1) is 0 Å². The Morgan fingerprint density at radius 3 is 2.50 bits per heavy atom. The molecule has 0 radical (unpaired) electrons. The number of aliphatic hydroxyl groups is 2. The molecule has 0 atom stereocenters. The molecule has 130 valence electrons. The quantitative estimate of drug-likeness (QED) is 0.556. The fourth-order valence-corrected chi connectivity index (χ4v) is 3.64. The Kier molecular flexibility index (Phi) is 4.61. The molecule has 0 bridgehead atoms. The SMILES string of the molecule is NS(=O)(=O)n1ccc(-c2cccc(N3CCNCC3)c2)c1C(O)O. The standard InChI is InChI=1S/C15H20N4O4S/c16-24(22,23)19-7-4-13(14(19)15(20)21)11-2-1-3-12(10-11)18-8-5-17-6-9-18/h1-4,7,10,15,17,20-21H,5-6,8-9H2,(H2,16,22,23). The van der Waals surface area contributed by atoms with Gasteiger partial charge in [-0.15, -0.1) is 0 Å². The predicted molar refractivity (Wildman–Crippen MR) is 90.6 cm³/mol. The van der Waals surface area contributed by atoms with Crippen molar-refractivity contribution in [3.63, 3.8) is 0 Å². The minimum atomic E-state index is -4.12. The van der Waals surface area contributed by atoms with Crippen LogP contribution >= 0.6 is 0 Å². The summed E-state index contributed by atoms with van der Waals surface area (Å²) in [5.41, 5.74) is 1.93. The van der Waals surface area contributed by atoms with E-state index in [4.69, 9.17) is 5.14 Å². The van der Waals surface area contributed by atoms with Crippen LogP contribution in [-0.4, -0.2) is 48.8 Å². The Morgan fingerprint density at radius 1 is 1.17 bits per heavy atom. The van der Waals surface area contributed by atoms with Crippen LogP contribution in [-0.2, 0) is 10.2 Å². The van der Waals surface area contributed by atoms with Gasteiger partial charge in [-0.25, -0.2) is 9.11 Å². The highest BCUT2D eigenvalue weighted by molar-refractivity contribution is 7.87. The first-order chi connectivity index (χ1) is 11.4. The van der Waals surface area contributed by atoms with Crippen molar-refractivity contribution in [3.05, 3.63) is 42.2 Å². The van der Waals surface area contributed by atoms with Crippen molar-refractivity contribution < 1.29 is 18.6 Å². The highest BCUT2D eigenvalue weighted by Gasteiger charge is 2.22. The van der Waals surface area contributed by atoms with Crippen molar-refractivity contribution in [1.82, 2.24) is 9.29 Å². The number of anilines is 1. The predicted octanol–water partition coefficient (Wildman–Crippen LogP) is -0.400.